The number of pyridine rings is 1. The maximum Gasteiger partial charge on any atom is 0.169 e. The van der Waals surface area contributed by atoms with Gasteiger partial charge in [0, 0.05) is 22.9 Å². The summed E-state index contributed by atoms with van der Waals surface area (Å²) in [6.07, 6.45) is 2.66. The minimum atomic E-state index is -0.348. The molecular weight excluding hydrogens is 222 g/mol. The van der Waals surface area contributed by atoms with Gasteiger partial charge in [-0.3, -0.25) is 9.78 Å². The van der Waals surface area contributed by atoms with Crippen molar-refractivity contribution in [2.45, 2.75) is 54.9 Å². The highest BCUT2D eigenvalue weighted by Crippen LogP contribution is 2.24. The summed E-state index contributed by atoms with van der Waals surface area (Å²) >= 11 is 0. The molecule has 2 heteroatoms. The number of ketones is 1. The predicted molar refractivity (Wildman–Crippen MR) is 75.9 cm³/mol. The highest BCUT2D eigenvalue weighted by molar-refractivity contribution is 5.99. The van der Waals surface area contributed by atoms with Gasteiger partial charge in [0.25, 0.3) is 0 Å². The van der Waals surface area contributed by atoms with Gasteiger partial charge in [-0.25, -0.2) is 0 Å². The number of rotatable bonds is 2. The number of carbonyl (C=O) groups is 1. The van der Waals surface area contributed by atoms with E-state index in [1.54, 1.807) is 6.20 Å². The van der Waals surface area contributed by atoms with Gasteiger partial charge in [-0.05, 0) is 30.4 Å². The molecule has 0 bridgehead atoms. The van der Waals surface area contributed by atoms with Crippen LogP contribution in [0.5, 0.6) is 0 Å². The van der Waals surface area contributed by atoms with Crippen LogP contribution in [0.4, 0.5) is 0 Å². The van der Waals surface area contributed by atoms with Crippen molar-refractivity contribution >= 4 is 5.78 Å². The number of aromatic nitrogens is 1. The molecule has 0 aliphatic heterocycles. The quantitative estimate of drug-likeness (QED) is 0.733. The molecular formula is C16H25NO. The van der Waals surface area contributed by atoms with Crippen molar-refractivity contribution in [3.05, 3.63) is 29.1 Å². The van der Waals surface area contributed by atoms with Crippen LogP contribution in [0.25, 0.3) is 0 Å². The molecule has 0 aliphatic rings. The van der Waals surface area contributed by atoms with E-state index < -0.39 is 0 Å². The van der Waals surface area contributed by atoms with Crippen molar-refractivity contribution in [2.75, 3.05) is 0 Å². The average Bonchev–Trinajstić information content (AvgIpc) is 2.16. The molecule has 1 aromatic heterocycles. The van der Waals surface area contributed by atoms with E-state index in [9.17, 15) is 4.79 Å². The molecule has 1 aromatic rings. The first-order valence-electron chi connectivity index (χ1n) is 6.51. The minimum absolute atomic E-state index is 0.153. The Morgan fingerprint density at radius 3 is 2.11 bits per heavy atom. The Bertz CT molecular complexity index is 447. The van der Waals surface area contributed by atoms with Crippen LogP contribution in [0.3, 0.4) is 0 Å². The highest BCUT2D eigenvalue weighted by Gasteiger charge is 2.24. The Labute approximate surface area is 111 Å². The first-order valence-corrected chi connectivity index (χ1v) is 6.51. The van der Waals surface area contributed by atoms with E-state index in [0.717, 1.165) is 23.2 Å². The second kappa shape index (κ2) is 4.83. The lowest BCUT2D eigenvalue weighted by Gasteiger charge is -2.20. The summed E-state index contributed by atoms with van der Waals surface area (Å²) in [7, 11) is 0. The summed E-state index contributed by atoms with van der Waals surface area (Å²) in [6, 6.07) is 1.97. The van der Waals surface area contributed by atoms with E-state index in [1.165, 1.54) is 0 Å². The topological polar surface area (TPSA) is 30.0 Å². The molecule has 0 amide bonds. The summed E-state index contributed by atoms with van der Waals surface area (Å²) < 4.78 is 0. The Hall–Kier alpha value is -1.18. The third kappa shape index (κ3) is 3.94. The standard InChI is InChI=1S/C16H25NO/c1-11-8-12(14(18)16(5,6)7)10-17-13(11)9-15(2,3)4/h8,10H,9H2,1-7H3. The maximum absolute atomic E-state index is 12.2. The van der Waals surface area contributed by atoms with Crippen molar-refractivity contribution in [3.8, 4) is 0 Å². The van der Waals surface area contributed by atoms with Gasteiger partial charge in [0.15, 0.2) is 5.78 Å². The Morgan fingerprint density at radius 1 is 1.17 bits per heavy atom. The van der Waals surface area contributed by atoms with Crippen LogP contribution in [-0.4, -0.2) is 10.8 Å². The first-order chi connectivity index (χ1) is 8.00. The number of aryl methyl sites for hydroxylation is 1. The molecule has 0 aliphatic carbocycles. The lowest BCUT2D eigenvalue weighted by atomic mass is 9.85. The van der Waals surface area contributed by atoms with E-state index in [1.807, 2.05) is 33.8 Å². The molecule has 0 aromatic carbocycles. The second-order valence-corrected chi connectivity index (χ2v) is 7.30. The fourth-order valence-corrected chi connectivity index (χ4v) is 1.85. The van der Waals surface area contributed by atoms with E-state index in [0.29, 0.717) is 0 Å². The highest BCUT2D eigenvalue weighted by atomic mass is 16.1. The first kappa shape index (κ1) is 14.9. The van der Waals surface area contributed by atoms with Crippen LogP contribution in [-0.2, 0) is 6.42 Å². The van der Waals surface area contributed by atoms with Gasteiger partial charge in [0.1, 0.15) is 0 Å². The van der Waals surface area contributed by atoms with Crippen LogP contribution in [0.2, 0.25) is 0 Å². The van der Waals surface area contributed by atoms with E-state index in [4.69, 9.17) is 0 Å². The number of hydrogen-bond donors (Lipinski definition) is 0. The summed E-state index contributed by atoms with van der Waals surface area (Å²) in [6.45, 7) is 14.4. The largest absolute Gasteiger partial charge is 0.294 e. The second-order valence-electron chi connectivity index (χ2n) is 7.30. The van der Waals surface area contributed by atoms with Crippen LogP contribution in [0.15, 0.2) is 12.3 Å². The van der Waals surface area contributed by atoms with Crippen LogP contribution in [0, 0.1) is 17.8 Å². The lowest BCUT2D eigenvalue weighted by Crippen LogP contribution is -2.21. The number of hydrogen-bond acceptors (Lipinski definition) is 2. The summed E-state index contributed by atoms with van der Waals surface area (Å²) in [4.78, 5) is 16.7. The normalized spacial score (nSPS) is 12.6. The zero-order valence-electron chi connectivity index (χ0n) is 12.7. The fourth-order valence-electron chi connectivity index (χ4n) is 1.85. The molecule has 0 N–H and O–H groups in total. The Morgan fingerprint density at radius 2 is 1.72 bits per heavy atom. The maximum atomic E-state index is 12.2. The van der Waals surface area contributed by atoms with Crippen LogP contribution in [0.1, 0.15) is 63.2 Å². The number of Topliss-reactive ketones (excluding diaryl/α,β-unsaturated/α-hetero) is 1. The van der Waals surface area contributed by atoms with Crippen molar-refractivity contribution in [3.63, 3.8) is 0 Å². The van der Waals surface area contributed by atoms with Gasteiger partial charge in [-0.1, -0.05) is 41.5 Å². The summed E-state index contributed by atoms with van der Waals surface area (Å²) in [5.41, 5.74) is 2.79. The molecule has 0 saturated heterocycles. The zero-order valence-corrected chi connectivity index (χ0v) is 12.7. The monoisotopic (exact) mass is 247 g/mol. The van der Waals surface area contributed by atoms with Crippen molar-refractivity contribution in [2.24, 2.45) is 10.8 Å². The number of carbonyl (C=O) groups excluding carboxylic acids is 1. The molecule has 1 rings (SSSR count). The van der Waals surface area contributed by atoms with Gasteiger partial charge in [0.2, 0.25) is 0 Å². The van der Waals surface area contributed by atoms with Crippen LogP contribution >= 0.6 is 0 Å². The van der Waals surface area contributed by atoms with Crippen molar-refractivity contribution in [1.29, 1.82) is 0 Å². The predicted octanol–water partition coefficient (Wildman–Crippen LogP) is 4.21. The summed E-state index contributed by atoms with van der Waals surface area (Å²) in [5.74, 6) is 0.153. The van der Waals surface area contributed by atoms with E-state index >= 15 is 0 Å². The molecule has 0 radical (unpaired) electrons. The van der Waals surface area contributed by atoms with E-state index in [-0.39, 0.29) is 16.6 Å². The molecule has 2 nitrogen and oxygen atoms in total. The molecule has 0 unspecified atom stereocenters. The van der Waals surface area contributed by atoms with Crippen LogP contribution < -0.4 is 0 Å². The SMILES string of the molecule is Cc1cc(C(=O)C(C)(C)C)cnc1CC(C)(C)C. The van der Waals surface area contributed by atoms with Gasteiger partial charge in [-0.15, -0.1) is 0 Å². The van der Waals surface area contributed by atoms with Crippen molar-refractivity contribution < 1.29 is 4.79 Å². The van der Waals surface area contributed by atoms with Gasteiger partial charge in [-0.2, -0.15) is 0 Å². The summed E-state index contributed by atoms with van der Waals surface area (Å²) in [5, 5.41) is 0. The van der Waals surface area contributed by atoms with Gasteiger partial charge < -0.3 is 0 Å². The third-order valence-corrected chi connectivity index (χ3v) is 2.83. The molecule has 0 atom stereocenters. The molecule has 100 valence electrons. The Kier molecular flexibility index (Phi) is 3.99. The molecule has 0 saturated carbocycles. The zero-order chi connectivity index (χ0) is 14.1. The van der Waals surface area contributed by atoms with Gasteiger partial charge >= 0.3 is 0 Å². The third-order valence-electron chi connectivity index (χ3n) is 2.83. The van der Waals surface area contributed by atoms with Crippen molar-refractivity contribution in [1.82, 2.24) is 4.98 Å². The fraction of sp³-hybridized carbons (Fsp3) is 0.625. The Balaban J connectivity index is 3.04. The van der Waals surface area contributed by atoms with Gasteiger partial charge in [0.05, 0.1) is 0 Å². The molecule has 1 heterocycles. The minimum Gasteiger partial charge on any atom is -0.294 e. The lowest BCUT2D eigenvalue weighted by molar-refractivity contribution is 0.0858. The molecule has 0 fully saturated rings. The van der Waals surface area contributed by atoms with E-state index in [2.05, 4.69) is 25.8 Å². The average molecular weight is 247 g/mol. The smallest absolute Gasteiger partial charge is 0.169 e. The molecule has 18 heavy (non-hydrogen) atoms. The molecule has 0 spiro atoms. The number of nitrogens with zero attached hydrogens (tertiary/aromatic N) is 1.